The van der Waals surface area contributed by atoms with Gasteiger partial charge in [0.25, 0.3) is 0 Å². The van der Waals surface area contributed by atoms with Crippen molar-refractivity contribution in [2.24, 2.45) is 11.7 Å². The van der Waals surface area contributed by atoms with E-state index in [-0.39, 0.29) is 5.82 Å². The highest BCUT2D eigenvalue weighted by molar-refractivity contribution is 5.44. The van der Waals surface area contributed by atoms with E-state index in [9.17, 15) is 4.39 Å². The van der Waals surface area contributed by atoms with E-state index >= 15 is 0 Å². The zero-order valence-corrected chi connectivity index (χ0v) is 9.45. The van der Waals surface area contributed by atoms with Gasteiger partial charge >= 0.3 is 0 Å². The Labute approximate surface area is 96.0 Å². The minimum atomic E-state index is -0.198. The van der Waals surface area contributed by atoms with Gasteiger partial charge in [0.15, 0.2) is 0 Å². The van der Waals surface area contributed by atoms with Gasteiger partial charge in [-0.15, -0.1) is 0 Å². The lowest BCUT2D eigenvalue weighted by Gasteiger charge is -2.24. The average molecular weight is 222 g/mol. The molecule has 0 aliphatic heterocycles. The standard InChI is InChI=1S/C13H19FN2/c14-11-5-7-12(8-6-11)16-13(9-15)10-3-1-2-4-10/h5-8,10,13,16H,1-4,9,15H2. The summed E-state index contributed by atoms with van der Waals surface area (Å²) in [6.07, 6.45) is 5.14. The first-order valence-electron chi connectivity index (χ1n) is 6.02. The van der Waals surface area contributed by atoms with Gasteiger partial charge in [0, 0.05) is 18.3 Å². The van der Waals surface area contributed by atoms with Crippen LogP contribution in [0.25, 0.3) is 0 Å². The largest absolute Gasteiger partial charge is 0.381 e. The molecule has 2 rings (SSSR count). The molecule has 1 aromatic rings. The molecule has 0 aromatic heterocycles. The van der Waals surface area contributed by atoms with Gasteiger partial charge in [0.05, 0.1) is 0 Å². The van der Waals surface area contributed by atoms with Gasteiger partial charge in [-0.25, -0.2) is 4.39 Å². The molecule has 0 amide bonds. The summed E-state index contributed by atoms with van der Waals surface area (Å²) in [6.45, 7) is 0.641. The smallest absolute Gasteiger partial charge is 0.123 e. The minimum Gasteiger partial charge on any atom is -0.381 e. The topological polar surface area (TPSA) is 38.0 Å². The van der Waals surface area contributed by atoms with Gasteiger partial charge in [-0.3, -0.25) is 0 Å². The summed E-state index contributed by atoms with van der Waals surface area (Å²) in [7, 11) is 0. The third kappa shape index (κ3) is 2.73. The quantitative estimate of drug-likeness (QED) is 0.822. The minimum absolute atomic E-state index is 0.198. The zero-order chi connectivity index (χ0) is 11.4. The zero-order valence-electron chi connectivity index (χ0n) is 9.45. The lowest BCUT2D eigenvalue weighted by molar-refractivity contribution is 0.462. The highest BCUT2D eigenvalue weighted by atomic mass is 19.1. The summed E-state index contributed by atoms with van der Waals surface area (Å²) in [5.74, 6) is 0.478. The van der Waals surface area contributed by atoms with Gasteiger partial charge < -0.3 is 11.1 Å². The maximum atomic E-state index is 12.8. The fourth-order valence-electron chi connectivity index (χ4n) is 2.49. The number of hydrogen-bond donors (Lipinski definition) is 2. The van der Waals surface area contributed by atoms with Crippen LogP contribution in [0.15, 0.2) is 24.3 Å². The maximum absolute atomic E-state index is 12.8. The highest BCUT2D eigenvalue weighted by Crippen LogP contribution is 2.29. The Bertz CT molecular complexity index is 317. The number of hydrogen-bond acceptors (Lipinski definition) is 2. The molecule has 0 radical (unpaired) electrons. The first-order chi connectivity index (χ1) is 7.79. The van der Waals surface area contributed by atoms with Crippen LogP contribution in [0.4, 0.5) is 10.1 Å². The van der Waals surface area contributed by atoms with Crippen LogP contribution >= 0.6 is 0 Å². The fraction of sp³-hybridized carbons (Fsp3) is 0.538. The molecule has 88 valence electrons. The monoisotopic (exact) mass is 222 g/mol. The molecular formula is C13H19FN2. The summed E-state index contributed by atoms with van der Waals surface area (Å²) < 4.78 is 12.8. The van der Waals surface area contributed by atoms with Crippen LogP contribution < -0.4 is 11.1 Å². The van der Waals surface area contributed by atoms with Crippen molar-refractivity contribution in [3.8, 4) is 0 Å². The normalized spacial score (nSPS) is 18.6. The van der Waals surface area contributed by atoms with Gasteiger partial charge in [-0.2, -0.15) is 0 Å². The van der Waals surface area contributed by atoms with Gasteiger partial charge in [-0.05, 0) is 43.0 Å². The molecule has 2 nitrogen and oxygen atoms in total. The van der Waals surface area contributed by atoms with Crippen LogP contribution in [0.1, 0.15) is 25.7 Å². The molecule has 3 heteroatoms. The first kappa shape index (κ1) is 11.4. The molecule has 1 aromatic carbocycles. The van der Waals surface area contributed by atoms with Gasteiger partial charge in [-0.1, -0.05) is 12.8 Å². The van der Waals surface area contributed by atoms with Crippen LogP contribution in [-0.4, -0.2) is 12.6 Å². The summed E-state index contributed by atoms with van der Waals surface area (Å²) in [4.78, 5) is 0. The van der Waals surface area contributed by atoms with Crippen LogP contribution in [0.5, 0.6) is 0 Å². The van der Waals surface area contributed by atoms with Crippen molar-refractivity contribution in [1.82, 2.24) is 0 Å². The molecule has 1 unspecified atom stereocenters. The molecule has 1 aliphatic rings. The maximum Gasteiger partial charge on any atom is 0.123 e. The average Bonchev–Trinajstić information content (AvgIpc) is 2.82. The van der Waals surface area contributed by atoms with Gasteiger partial charge in [0.2, 0.25) is 0 Å². The van der Waals surface area contributed by atoms with Crippen molar-refractivity contribution >= 4 is 5.69 Å². The van der Waals surface area contributed by atoms with Crippen molar-refractivity contribution in [1.29, 1.82) is 0 Å². The molecule has 16 heavy (non-hydrogen) atoms. The highest BCUT2D eigenvalue weighted by Gasteiger charge is 2.23. The molecule has 1 aliphatic carbocycles. The van der Waals surface area contributed by atoms with Crippen molar-refractivity contribution in [2.75, 3.05) is 11.9 Å². The Morgan fingerprint density at radius 2 is 1.88 bits per heavy atom. The second kappa shape index (κ2) is 5.30. The van der Waals surface area contributed by atoms with E-state index in [1.165, 1.54) is 37.8 Å². The molecule has 1 saturated carbocycles. The van der Waals surface area contributed by atoms with Crippen LogP contribution in [0, 0.1) is 11.7 Å². The van der Waals surface area contributed by atoms with Crippen molar-refractivity contribution < 1.29 is 4.39 Å². The van der Waals surface area contributed by atoms with Crippen LogP contribution in [0.2, 0.25) is 0 Å². The molecule has 0 heterocycles. The lowest BCUT2D eigenvalue weighted by Crippen LogP contribution is -2.35. The molecule has 1 fully saturated rings. The summed E-state index contributed by atoms with van der Waals surface area (Å²) in [5, 5.41) is 3.41. The summed E-state index contributed by atoms with van der Waals surface area (Å²) in [5.41, 5.74) is 6.76. The van der Waals surface area contributed by atoms with E-state index < -0.39 is 0 Å². The lowest BCUT2D eigenvalue weighted by atomic mass is 9.98. The number of benzene rings is 1. The molecule has 0 saturated heterocycles. The number of anilines is 1. The predicted molar refractivity (Wildman–Crippen MR) is 64.8 cm³/mol. The van der Waals surface area contributed by atoms with Gasteiger partial charge in [0.1, 0.15) is 5.82 Å². The number of nitrogens with one attached hydrogen (secondary N) is 1. The Morgan fingerprint density at radius 1 is 1.25 bits per heavy atom. The molecule has 3 N–H and O–H groups in total. The molecule has 0 spiro atoms. The number of rotatable bonds is 4. The summed E-state index contributed by atoms with van der Waals surface area (Å²) >= 11 is 0. The Balaban J connectivity index is 1.97. The first-order valence-corrected chi connectivity index (χ1v) is 6.02. The number of nitrogens with two attached hydrogens (primary N) is 1. The van der Waals surface area contributed by atoms with Crippen molar-refractivity contribution in [2.45, 2.75) is 31.7 Å². The van der Waals surface area contributed by atoms with E-state index in [1.54, 1.807) is 12.1 Å². The second-order valence-corrected chi connectivity index (χ2v) is 4.54. The van der Waals surface area contributed by atoms with Crippen LogP contribution in [0.3, 0.4) is 0 Å². The fourth-order valence-corrected chi connectivity index (χ4v) is 2.49. The number of halogens is 1. The predicted octanol–water partition coefficient (Wildman–Crippen LogP) is 2.76. The van der Waals surface area contributed by atoms with Crippen LogP contribution in [-0.2, 0) is 0 Å². The van der Waals surface area contributed by atoms with E-state index in [4.69, 9.17) is 5.73 Å². The Morgan fingerprint density at radius 3 is 2.44 bits per heavy atom. The van der Waals surface area contributed by atoms with Crippen molar-refractivity contribution in [3.05, 3.63) is 30.1 Å². The molecule has 0 bridgehead atoms. The second-order valence-electron chi connectivity index (χ2n) is 4.54. The molecule has 1 atom stereocenters. The van der Waals surface area contributed by atoms with E-state index in [1.807, 2.05) is 0 Å². The SMILES string of the molecule is NCC(Nc1ccc(F)cc1)C1CCCC1. The van der Waals surface area contributed by atoms with E-state index in [0.717, 1.165) is 5.69 Å². The van der Waals surface area contributed by atoms with Crippen molar-refractivity contribution in [3.63, 3.8) is 0 Å². The third-order valence-corrected chi connectivity index (χ3v) is 3.42. The molecular weight excluding hydrogens is 203 g/mol. The third-order valence-electron chi connectivity index (χ3n) is 3.42. The van der Waals surface area contributed by atoms with E-state index in [0.29, 0.717) is 18.5 Å². The summed E-state index contributed by atoms with van der Waals surface area (Å²) in [6, 6.07) is 6.82. The Hall–Kier alpha value is -1.09. The Kier molecular flexibility index (Phi) is 3.78. The van der Waals surface area contributed by atoms with E-state index in [2.05, 4.69) is 5.32 Å².